The Morgan fingerprint density at radius 3 is 2.36 bits per heavy atom. The smallest absolute Gasteiger partial charge is 0.253 e. The lowest BCUT2D eigenvalue weighted by molar-refractivity contribution is -0.131. The summed E-state index contributed by atoms with van der Waals surface area (Å²) in [6.45, 7) is -0.0798. The molecule has 0 radical (unpaired) electrons. The van der Waals surface area contributed by atoms with Gasteiger partial charge in [0.15, 0.2) is 6.10 Å². The number of fused-ring (bicyclic) bond motifs is 1. The summed E-state index contributed by atoms with van der Waals surface area (Å²) in [5, 5.41) is 34.3. The molecule has 0 spiro atoms. The van der Waals surface area contributed by atoms with Crippen LogP contribution in [-0.4, -0.2) is 38.9 Å². The molecule has 1 aromatic heterocycles. The predicted octanol–water partition coefficient (Wildman–Crippen LogP) is 2.99. The molecule has 0 aliphatic heterocycles. The summed E-state index contributed by atoms with van der Waals surface area (Å²) in [4.78, 5) is 15.7. The van der Waals surface area contributed by atoms with Crippen molar-refractivity contribution >= 4 is 16.8 Å². The number of H-pyrrole nitrogens is 1. The number of carbonyl (C=O) groups is 1. The number of para-hydroxylation sites is 1. The molecule has 4 aromatic rings. The lowest BCUT2D eigenvalue weighted by atomic mass is 10.0. The topological polar surface area (TPSA) is 115 Å². The van der Waals surface area contributed by atoms with Crippen molar-refractivity contribution in [2.24, 2.45) is 0 Å². The van der Waals surface area contributed by atoms with Crippen LogP contribution < -0.4 is 10.1 Å². The average molecular weight is 447 g/mol. The molecule has 3 atom stereocenters. The maximum atomic E-state index is 12.6. The maximum Gasteiger partial charge on any atom is 0.253 e. The molecule has 0 saturated heterocycles. The van der Waals surface area contributed by atoms with Gasteiger partial charge in [0.25, 0.3) is 5.91 Å². The molecule has 1 heterocycles. The fourth-order valence-electron chi connectivity index (χ4n) is 3.68. The van der Waals surface area contributed by atoms with E-state index in [9.17, 15) is 20.1 Å². The van der Waals surface area contributed by atoms with Gasteiger partial charge in [-0.25, -0.2) is 0 Å². The highest BCUT2D eigenvalue weighted by Crippen LogP contribution is 2.25. The van der Waals surface area contributed by atoms with Crippen molar-refractivity contribution in [1.29, 1.82) is 0 Å². The van der Waals surface area contributed by atoms with Crippen molar-refractivity contribution in [1.82, 2.24) is 10.3 Å². The second-order valence-corrected chi connectivity index (χ2v) is 7.78. The molecular formula is C26H26N2O5. The van der Waals surface area contributed by atoms with Gasteiger partial charge < -0.3 is 30.4 Å². The molecule has 5 N–H and O–H groups in total. The largest absolute Gasteiger partial charge is 0.489 e. The summed E-state index contributed by atoms with van der Waals surface area (Å²) in [6, 6.07) is 22.9. The standard InChI is InChI=1S/C26H26N2O5/c29-15-23(28-26(32)25(31)21-14-27-22-9-5-4-8-20(21)22)24(30)18-10-12-19(13-11-18)33-16-17-6-2-1-3-7-17/h1-14,23-25,27,29-31H,15-16H2,(H,28,32)/t23-,24-,25?/m1/s1. The number of aromatic nitrogens is 1. The summed E-state index contributed by atoms with van der Waals surface area (Å²) < 4.78 is 5.75. The van der Waals surface area contributed by atoms with E-state index in [1.807, 2.05) is 48.5 Å². The van der Waals surface area contributed by atoms with Crippen molar-refractivity contribution in [3.05, 3.63) is 102 Å². The molecule has 0 aliphatic rings. The predicted molar refractivity (Wildman–Crippen MR) is 124 cm³/mol. The monoisotopic (exact) mass is 446 g/mol. The Labute approximate surface area is 191 Å². The van der Waals surface area contributed by atoms with Crippen LogP contribution in [0, 0.1) is 0 Å². The van der Waals surface area contributed by atoms with E-state index in [0.717, 1.165) is 16.5 Å². The van der Waals surface area contributed by atoms with E-state index in [2.05, 4.69) is 10.3 Å². The van der Waals surface area contributed by atoms with Crippen LogP contribution in [0.15, 0.2) is 85.1 Å². The normalized spacial score (nSPS) is 13.9. The number of benzene rings is 3. The molecule has 0 saturated carbocycles. The number of nitrogens with one attached hydrogen (secondary N) is 2. The first-order valence-electron chi connectivity index (χ1n) is 10.7. The highest BCUT2D eigenvalue weighted by atomic mass is 16.5. The average Bonchev–Trinajstić information content (AvgIpc) is 3.30. The molecule has 170 valence electrons. The molecular weight excluding hydrogens is 420 g/mol. The van der Waals surface area contributed by atoms with Crippen LogP contribution in [0.25, 0.3) is 10.9 Å². The first-order chi connectivity index (χ1) is 16.1. The number of rotatable bonds is 9. The minimum atomic E-state index is -1.45. The third-order valence-corrected chi connectivity index (χ3v) is 5.54. The van der Waals surface area contributed by atoms with Gasteiger partial charge in [-0.1, -0.05) is 60.7 Å². The van der Waals surface area contributed by atoms with Crippen LogP contribution >= 0.6 is 0 Å². The van der Waals surface area contributed by atoms with Gasteiger partial charge in [-0.2, -0.15) is 0 Å². The zero-order valence-electron chi connectivity index (χ0n) is 17.9. The number of hydrogen-bond donors (Lipinski definition) is 5. The van der Waals surface area contributed by atoms with Gasteiger partial charge >= 0.3 is 0 Å². The Morgan fingerprint density at radius 2 is 1.64 bits per heavy atom. The van der Waals surface area contributed by atoms with Gasteiger partial charge in [-0.3, -0.25) is 4.79 Å². The van der Waals surface area contributed by atoms with E-state index in [0.29, 0.717) is 23.5 Å². The first kappa shape index (κ1) is 22.5. The van der Waals surface area contributed by atoms with E-state index in [-0.39, 0.29) is 0 Å². The number of amides is 1. The number of aromatic amines is 1. The van der Waals surface area contributed by atoms with Crippen molar-refractivity contribution in [2.45, 2.75) is 24.9 Å². The molecule has 1 unspecified atom stereocenters. The van der Waals surface area contributed by atoms with Crippen molar-refractivity contribution in [3.63, 3.8) is 0 Å². The van der Waals surface area contributed by atoms with Crippen molar-refractivity contribution < 1.29 is 24.9 Å². The second kappa shape index (κ2) is 10.3. The van der Waals surface area contributed by atoms with E-state index in [1.165, 1.54) is 0 Å². The minimum Gasteiger partial charge on any atom is -0.489 e. The number of ether oxygens (including phenoxy) is 1. The first-order valence-corrected chi connectivity index (χ1v) is 10.7. The zero-order chi connectivity index (χ0) is 23.2. The van der Waals surface area contributed by atoms with Gasteiger partial charge in [-0.05, 0) is 29.3 Å². The highest BCUT2D eigenvalue weighted by Gasteiger charge is 2.27. The molecule has 33 heavy (non-hydrogen) atoms. The van der Waals surface area contributed by atoms with Crippen molar-refractivity contribution in [3.8, 4) is 5.75 Å². The molecule has 7 heteroatoms. The maximum absolute atomic E-state index is 12.6. The summed E-state index contributed by atoms with van der Waals surface area (Å²) in [7, 11) is 0. The number of hydrogen-bond acceptors (Lipinski definition) is 5. The van der Waals surface area contributed by atoms with Gasteiger partial charge in [0.1, 0.15) is 18.5 Å². The van der Waals surface area contributed by atoms with Crippen molar-refractivity contribution in [2.75, 3.05) is 6.61 Å². The number of carbonyl (C=O) groups excluding carboxylic acids is 1. The Balaban J connectivity index is 1.39. The Morgan fingerprint density at radius 1 is 0.939 bits per heavy atom. The van der Waals surface area contributed by atoms with E-state index in [1.54, 1.807) is 36.5 Å². The van der Waals surface area contributed by atoms with Crippen LogP contribution in [-0.2, 0) is 11.4 Å². The summed E-state index contributed by atoms with van der Waals surface area (Å²) in [5.41, 5.74) is 2.77. The van der Waals surface area contributed by atoms with Crippen LogP contribution in [0.5, 0.6) is 5.75 Å². The van der Waals surface area contributed by atoms with E-state index in [4.69, 9.17) is 4.74 Å². The Bertz CT molecular complexity index is 1190. The molecule has 0 aliphatic carbocycles. The molecule has 7 nitrogen and oxygen atoms in total. The summed E-state index contributed by atoms with van der Waals surface area (Å²) in [6.07, 6.45) is -1.04. The lowest BCUT2D eigenvalue weighted by Crippen LogP contribution is -2.44. The highest BCUT2D eigenvalue weighted by molar-refractivity contribution is 5.91. The molecule has 0 fully saturated rings. The van der Waals surface area contributed by atoms with E-state index < -0.39 is 30.8 Å². The minimum absolute atomic E-state index is 0.420. The van der Waals surface area contributed by atoms with Crippen LogP contribution in [0.3, 0.4) is 0 Å². The molecule has 1 amide bonds. The van der Waals surface area contributed by atoms with Gasteiger partial charge in [0, 0.05) is 22.7 Å². The molecule has 0 bridgehead atoms. The Kier molecular flexibility index (Phi) is 7.04. The third-order valence-electron chi connectivity index (χ3n) is 5.54. The SMILES string of the molecule is O=C(N[C@H](CO)[C@H](O)c1ccc(OCc2ccccc2)cc1)C(O)c1c[nH]c2ccccc12. The molecule has 3 aromatic carbocycles. The third kappa shape index (κ3) is 5.23. The second-order valence-electron chi connectivity index (χ2n) is 7.78. The van der Waals surface area contributed by atoms with Crippen LogP contribution in [0.2, 0.25) is 0 Å². The summed E-state index contributed by atoms with van der Waals surface area (Å²) >= 11 is 0. The number of aliphatic hydroxyl groups excluding tert-OH is 3. The van der Waals surface area contributed by atoms with E-state index >= 15 is 0 Å². The van der Waals surface area contributed by atoms with Crippen LogP contribution in [0.1, 0.15) is 28.9 Å². The number of aliphatic hydroxyl groups is 3. The van der Waals surface area contributed by atoms with Crippen LogP contribution in [0.4, 0.5) is 0 Å². The fraction of sp³-hybridized carbons (Fsp3) is 0.192. The quantitative estimate of drug-likeness (QED) is 0.271. The van der Waals surface area contributed by atoms with Gasteiger partial charge in [0.05, 0.1) is 12.6 Å². The fourth-order valence-corrected chi connectivity index (χ4v) is 3.68. The van der Waals surface area contributed by atoms with Gasteiger partial charge in [0.2, 0.25) is 0 Å². The Hall–Kier alpha value is -3.65. The molecule has 4 rings (SSSR count). The zero-order valence-corrected chi connectivity index (χ0v) is 17.9. The summed E-state index contributed by atoms with van der Waals surface area (Å²) in [5.74, 6) is -0.0742. The van der Waals surface area contributed by atoms with Gasteiger partial charge in [-0.15, -0.1) is 0 Å². The lowest BCUT2D eigenvalue weighted by Gasteiger charge is -2.24.